The minimum Gasteiger partial charge on any atom is -0.548 e. The van der Waals surface area contributed by atoms with Gasteiger partial charge in [0.2, 0.25) is 5.91 Å². The van der Waals surface area contributed by atoms with Crippen LogP contribution in [0.25, 0.3) is 0 Å². The molecule has 0 aliphatic carbocycles. The van der Waals surface area contributed by atoms with E-state index in [0.29, 0.717) is 0 Å². The Morgan fingerprint density at radius 1 is 1.64 bits per heavy atom. The van der Waals surface area contributed by atoms with E-state index in [2.05, 4.69) is 0 Å². The monoisotopic (exact) mass is 157 g/mol. The van der Waals surface area contributed by atoms with Gasteiger partial charge < -0.3 is 15.6 Å². The van der Waals surface area contributed by atoms with Crippen molar-refractivity contribution in [3.05, 3.63) is 0 Å². The van der Waals surface area contributed by atoms with Crippen LogP contribution in [0.4, 0.5) is 0 Å². The molecule has 6 nitrogen and oxygen atoms in total. The molecule has 1 rings (SSSR count). The third-order valence-electron chi connectivity index (χ3n) is 1.46. The van der Waals surface area contributed by atoms with Crippen molar-refractivity contribution in [2.75, 3.05) is 0 Å². The van der Waals surface area contributed by atoms with Crippen LogP contribution < -0.4 is 16.2 Å². The number of aliphatic carboxylic acids is 1. The fraction of sp³-hybridized carbons (Fsp3) is 0.400. The van der Waals surface area contributed by atoms with E-state index >= 15 is 0 Å². The molecule has 60 valence electrons. The highest BCUT2D eigenvalue weighted by molar-refractivity contribution is 6.18. The van der Waals surface area contributed by atoms with Gasteiger partial charge in [0.25, 0.3) is 5.91 Å². The summed E-state index contributed by atoms with van der Waals surface area (Å²) < 4.78 is 0. The molecule has 11 heavy (non-hydrogen) atoms. The van der Waals surface area contributed by atoms with Crippen LogP contribution in [0.5, 0.6) is 0 Å². The van der Waals surface area contributed by atoms with E-state index in [1.807, 2.05) is 0 Å². The van der Waals surface area contributed by atoms with Gasteiger partial charge in [-0.05, 0) is 0 Å². The molecule has 0 aromatic heterocycles. The number of hydrogen-bond donors (Lipinski definition) is 2. The smallest absolute Gasteiger partial charge is 0.253 e. The van der Waals surface area contributed by atoms with E-state index in [-0.39, 0.29) is 0 Å². The van der Waals surface area contributed by atoms with Gasteiger partial charge >= 0.3 is 0 Å². The van der Waals surface area contributed by atoms with Gasteiger partial charge in [0, 0.05) is 0 Å². The third-order valence-corrected chi connectivity index (χ3v) is 1.46. The maximum absolute atomic E-state index is 10.7. The number of carboxylic acid groups (broad SMARTS) is 1. The molecule has 0 saturated carbocycles. The Labute approximate surface area is 61.4 Å². The SMILES string of the molecule is N[C@]1(C(=O)[O-])CC(=O)NC1=O. The second kappa shape index (κ2) is 2.03. The lowest BCUT2D eigenvalue weighted by atomic mass is 10.00. The van der Waals surface area contributed by atoms with Crippen molar-refractivity contribution in [3.63, 3.8) is 0 Å². The van der Waals surface area contributed by atoms with Crippen LogP contribution in [0.2, 0.25) is 0 Å². The number of amides is 2. The van der Waals surface area contributed by atoms with E-state index < -0.39 is 29.7 Å². The van der Waals surface area contributed by atoms with Crippen molar-refractivity contribution in [2.45, 2.75) is 12.0 Å². The number of carboxylic acids is 1. The summed E-state index contributed by atoms with van der Waals surface area (Å²) in [6, 6.07) is 0. The van der Waals surface area contributed by atoms with Crippen molar-refractivity contribution < 1.29 is 19.5 Å². The minimum atomic E-state index is -2.17. The van der Waals surface area contributed by atoms with Gasteiger partial charge in [-0.15, -0.1) is 0 Å². The Morgan fingerprint density at radius 3 is 2.36 bits per heavy atom. The average Bonchev–Trinajstić information content (AvgIpc) is 2.08. The first-order valence-corrected chi connectivity index (χ1v) is 2.81. The van der Waals surface area contributed by atoms with Crippen LogP contribution in [0.3, 0.4) is 0 Å². The zero-order valence-electron chi connectivity index (χ0n) is 5.42. The molecule has 0 bridgehead atoms. The maximum atomic E-state index is 10.7. The average molecular weight is 157 g/mol. The lowest BCUT2D eigenvalue weighted by molar-refractivity contribution is -0.311. The van der Waals surface area contributed by atoms with Crippen LogP contribution >= 0.6 is 0 Å². The summed E-state index contributed by atoms with van der Waals surface area (Å²) >= 11 is 0. The highest BCUT2D eigenvalue weighted by atomic mass is 16.4. The molecule has 1 aliphatic heterocycles. The molecule has 1 saturated heterocycles. The molecule has 3 N–H and O–H groups in total. The number of nitrogens with two attached hydrogens (primary N) is 1. The van der Waals surface area contributed by atoms with Crippen molar-refractivity contribution in [2.24, 2.45) is 5.73 Å². The van der Waals surface area contributed by atoms with E-state index in [4.69, 9.17) is 5.73 Å². The van der Waals surface area contributed by atoms with Crippen LogP contribution in [0, 0.1) is 0 Å². The zero-order chi connectivity index (χ0) is 8.65. The van der Waals surface area contributed by atoms with Gasteiger partial charge in [-0.3, -0.25) is 14.9 Å². The molecule has 0 unspecified atom stereocenters. The fourth-order valence-electron chi connectivity index (χ4n) is 0.781. The molecule has 0 aromatic rings. The van der Waals surface area contributed by atoms with Gasteiger partial charge in [-0.2, -0.15) is 0 Å². The Bertz CT molecular complexity index is 249. The third kappa shape index (κ3) is 0.966. The molecular formula is C5H5N2O4-. The minimum absolute atomic E-state index is 0.547. The zero-order valence-corrected chi connectivity index (χ0v) is 5.42. The van der Waals surface area contributed by atoms with E-state index in [9.17, 15) is 19.5 Å². The first-order chi connectivity index (χ1) is 4.97. The number of imide groups is 1. The second-order valence-electron chi connectivity index (χ2n) is 2.31. The lowest BCUT2D eigenvalue weighted by Crippen LogP contribution is -2.59. The van der Waals surface area contributed by atoms with E-state index in [1.54, 1.807) is 5.32 Å². The van der Waals surface area contributed by atoms with Gasteiger partial charge in [0.05, 0.1) is 12.4 Å². The quantitative estimate of drug-likeness (QED) is 0.302. The standard InChI is InChI=1S/C5H6N2O4/c6-5(4(10)11)1-2(8)7-3(5)9/h1,6H2,(H,10,11)(H,7,8,9)/p-1/t5-/m1/s1. The highest BCUT2D eigenvalue weighted by Crippen LogP contribution is 2.11. The summed E-state index contributed by atoms with van der Waals surface area (Å²) in [6.45, 7) is 0. The summed E-state index contributed by atoms with van der Waals surface area (Å²) in [6.07, 6.45) is -0.547. The Hall–Kier alpha value is -1.43. The summed E-state index contributed by atoms with van der Waals surface area (Å²) in [4.78, 5) is 31.4. The van der Waals surface area contributed by atoms with Crippen LogP contribution in [0.15, 0.2) is 0 Å². The summed E-state index contributed by atoms with van der Waals surface area (Å²) in [7, 11) is 0. The van der Waals surface area contributed by atoms with Gasteiger partial charge in [0.1, 0.15) is 5.54 Å². The van der Waals surface area contributed by atoms with Gasteiger partial charge in [0.15, 0.2) is 0 Å². The Kier molecular flexibility index (Phi) is 1.41. The largest absolute Gasteiger partial charge is 0.548 e. The molecule has 0 aromatic carbocycles. The number of carbonyl (C=O) groups excluding carboxylic acids is 3. The number of carbonyl (C=O) groups is 3. The highest BCUT2D eigenvalue weighted by Gasteiger charge is 2.44. The molecule has 1 heterocycles. The molecule has 1 aliphatic rings. The molecule has 1 atom stereocenters. The summed E-state index contributed by atoms with van der Waals surface area (Å²) in [5, 5.41) is 12.0. The maximum Gasteiger partial charge on any atom is 0.253 e. The van der Waals surface area contributed by atoms with Crippen molar-refractivity contribution in [1.29, 1.82) is 0 Å². The van der Waals surface area contributed by atoms with Crippen LogP contribution in [-0.2, 0) is 14.4 Å². The van der Waals surface area contributed by atoms with Crippen molar-refractivity contribution in [1.82, 2.24) is 5.32 Å². The molecule has 1 fully saturated rings. The first kappa shape index (κ1) is 7.67. The molecule has 0 spiro atoms. The molecular weight excluding hydrogens is 152 g/mol. The predicted octanol–water partition coefficient (Wildman–Crippen LogP) is -3.52. The van der Waals surface area contributed by atoms with E-state index in [1.165, 1.54) is 0 Å². The predicted molar refractivity (Wildman–Crippen MR) is 29.7 cm³/mol. The summed E-state index contributed by atoms with van der Waals surface area (Å²) in [5.74, 6) is -3.44. The van der Waals surface area contributed by atoms with Crippen LogP contribution in [-0.4, -0.2) is 23.3 Å². The number of nitrogens with one attached hydrogen (secondary N) is 1. The number of rotatable bonds is 1. The van der Waals surface area contributed by atoms with Gasteiger partial charge in [-0.25, -0.2) is 0 Å². The second-order valence-corrected chi connectivity index (χ2v) is 2.31. The Balaban J connectivity index is 2.96. The topological polar surface area (TPSA) is 112 Å². The van der Waals surface area contributed by atoms with Crippen molar-refractivity contribution in [3.8, 4) is 0 Å². The Morgan fingerprint density at radius 2 is 2.18 bits per heavy atom. The number of hydrogen-bond acceptors (Lipinski definition) is 5. The lowest BCUT2D eigenvalue weighted by Gasteiger charge is -2.19. The van der Waals surface area contributed by atoms with Crippen LogP contribution in [0.1, 0.15) is 6.42 Å². The van der Waals surface area contributed by atoms with E-state index in [0.717, 1.165) is 0 Å². The molecule has 2 amide bonds. The normalized spacial score (nSPS) is 30.3. The molecule has 6 heteroatoms. The summed E-state index contributed by atoms with van der Waals surface area (Å²) in [5.41, 5.74) is 2.87. The first-order valence-electron chi connectivity index (χ1n) is 2.81. The van der Waals surface area contributed by atoms with Gasteiger partial charge in [-0.1, -0.05) is 0 Å². The van der Waals surface area contributed by atoms with Crippen molar-refractivity contribution >= 4 is 17.8 Å². The fourth-order valence-corrected chi connectivity index (χ4v) is 0.781. The molecule has 0 radical (unpaired) electrons.